The topological polar surface area (TPSA) is 69.4 Å². The van der Waals surface area contributed by atoms with Crippen molar-refractivity contribution >= 4 is 23.5 Å². The molecule has 1 fully saturated rings. The van der Waals surface area contributed by atoms with Crippen molar-refractivity contribution in [2.75, 3.05) is 6.61 Å². The maximum Gasteiger partial charge on any atom is 0.327 e. The largest absolute Gasteiger partial charge is 0.464 e. The summed E-state index contributed by atoms with van der Waals surface area (Å²) in [6, 6.07) is 0. The van der Waals surface area contributed by atoms with Crippen LogP contribution in [0.2, 0.25) is 0 Å². The van der Waals surface area contributed by atoms with Crippen LogP contribution in [-0.4, -0.2) is 23.4 Å². The summed E-state index contributed by atoms with van der Waals surface area (Å²) in [6.07, 6.45) is 0.212. The third-order valence-corrected chi connectivity index (χ3v) is 2.03. The van der Waals surface area contributed by atoms with E-state index in [2.05, 4.69) is 4.74 Å². The molecule has 1 aliphatic rings. The maximum atomic E-state index is 10.9. The molecule has 0 saturated carbocycles. The van der Waals surface area contributed by atoms with Crippen LogP contribution in [0.15, 0.2) is 0 Å². The molecule has 11 heavy (non-hydrogen) atoms. The Balaban J connectivity index is 2.65. The van der Waals surface area contributed by atoms with Gasteiger partial charge >= 0.3 is 5.97 Å². The Bertz CT molecular complexity index is 206. The number of nitrogens with two attached hydrogens (primary N) is 1. The second kappa shape index (κ2) is 2.70. The Morgan fingerprint density at radius 3 is 2.82 bits per heavy atom. The van der Waals surface area contributed by atoms with Crippen LogP contribution in [0, 0.1) is 0 Å². The molecule has 0 aromatic rings. The van der Waals surface area contributed by atoms with Gasteiger partial charge in [0.25, 0.3) is 0 Å². The van der Waals surface area contributed by atoms with Crippen molar-refractivity contribution in [3.05, 3.63) is 0 Å². The van der Waals surface area contributed by atoms with E-state index in [4.69, 9.17) is 17.3 Å². The summed E-state index contributed by atoms with van der Waals surface area (Å²) in [6.45, 7) is 0.273. The monoisotopic (exact) mass is 177 g/mol. The highest BCUT2D eigenvalue weighted by molar-refractivity contribution is 6.35. The molecule has 0 radical (unpaired) electrons. The van der Waals surface area contributed by atoms with Crippen LogP contribution in [0.1, 0.15) is 12.8 Å². The number of primary amides is 1. The normalized spacial score (nSPS) is 30.1. The lowest BCUT2D eigenvalue weighted by molar-refractivity contribution is -0.141. The molecule has 2 N–H and O–H groups in total. The number of ether oxygens (including phenoxy) is 1. The van der Waals surface area contributed by atoms with Gasteiger partial charge in [0.05, 0.1) is 13.0 Å². The van der Waals surface area contributed by atoms with Gasteiger partial charge in [-0.2, -0.15) is 0 Å². The second-order valence-corrected chi connectivity index (χ2v) is 3.22. The van der Waals surface area contributed by atoms with Gasteiger partial charge in [-0.1, -0.05) is 0 Å². The lowest BCUT2D eigenvalue weighted by Crippen LogP contribution is -2.33. The van der Waals surface area contributed by atoms with E-state index in [0.29, 0.717) is 6.42 Å². The molecule has 1 aliphatic heterocycles. The molecular weight excluding hydrogens is 170 g/mol. The standard InChI is InChI=1S/C6H8ClNO3/c7-6(3-4(8)9)1-2-11-5(6)10/h1-3H2,(H2,8,9)/t6-/m0/s1. The molecule has 1 heterocycles. The summed E-state index contributed by atoms with van der Waals surface area (Å²) in [4.78, 5) is 20.1. The lowest BCUT2D eigenvalue weighted by atomic mass is 10.0. The van der Waals surface area contributed by atoms with E-state index in [-0.39, 0.29) is 13.0 Å². The van der Waals surface area contributed by atoms with Crippen molar-refractivity contribution in [2.45, 2.75) is 17.7 Å². The van der Waals surface area contributed by atoms with E-state index < -0.39 is 16.8 Å². The predicted octanol–water partition coefficient (Wildman–Crippen LogP) is -0.214. The number of esters is 1. The highest BCUT2D eigenvalue weighted by Gasteiger charge is 2.43. The summed E-state index contributed by atoms with van der Waals surface area (Å²) in [5.74, 6) is -1.13. The molecule has 0 aromatic carbocycles. The summed E-state index contributed by atoms with van der Waals surface area (Å²) in [7, 11) is 0. The minimum Gasteiger partial charge on any atom is -0.464 e. The smallest absolute Gasteiger partial charge is 0.327 e. The molecule has 0 aromatic heterocycles. The second-order valence-electron chi connectivity index (χ2n) is 2.49. The Labute approximate surface area is 68.6 Å². The molecule has 1 rings (SSSR count). The zero-order valence-corrected chi connectivity index (χ0v) is 6.56. The van der Waals surface area contributed by atoms with Gasteiger partial charge in [0.15, 0.2) is 4.87 Å². The summed E-state index contributed by atoms with van der Waals surface area (Å²) in [5.41, 5.74) is 4.89. The van der Waals surface area contributed by atoms with Crippen LogP contribution in [0.3, 0.4) is 0 Å². The molecule has 0 unspecified atom stereocenters. The fourth-order valence-corrected chi connectivity index (χ4v) is 1.24. The molecule has 0 bridgehead atoms. The van der Waals surface area contributed by atoms with Crippen molar-refractivity contribution in [2.24, 2.45) is 5.73 Å². The van der Waals surface area contributed by atoms with E-state index in [1.54, 1.807) is 0 Å². The zero-order chi connectivity index (χ0) is 8.48. The van der Waals surface area contributed by atoms with Gasteiger partial charge < -0.3 is 10.5 Å². The molecular formula is C6H8ClNO3. The van der Waals surface area contributed by atoms with Crippen LogP contribution in [0.5, 0.6) is 0 Å². The van der Waals surface area contributed by atoms with E-state index in [0.717, 1.165) is 0 Å². The highest BCUT2D eigenvalue weighted by Crippen LogP contribution is 2.30. The van der Waals surface area contributed by atoms with Crippen LogP contribution in [0.25, 0.3) is 0 Å². The van der Waals surface area contributed by atoms with E-state index >= 15 is 0 Å². The molecule has 4 nitrogen and oxygen atoms in total. The number of cyclic esters (lactones) is 1. The number of carbonyl (C=O) groups is 2. The number of amides is 1. The Morgan fingerprint density at radius 2 is 2.45 bits per heavy atom. The van der Waals surface area contributed by atoms with Crippen molar-refractivity contribution in [3.8, 4) is 0 Å². The van der Waals surface area contributed by atoms with E-state index in [9.17, 15) is 9.59 Å². The molecule has 1 saturated heterocycles. The number of hydrogen-bond acceptors (Lipinski definition) is 3. The Hall–Kier alpha value is -0.770. The third-order valence-electron chi connectivity index (χ3n) is 1.55. The minimum atomic E-state index is -1.19. The molecule has 0 aliphatic carbocycles. The summed E-state index contributed by atoms with van der Waals surface area (Å²) in [5, 5.41) is 0. The van der Waals surface area contributed by atoms with Gasteiger partial charge in [0.2, 0.25) is 5.91 Å². The molecule has 1 amide bonds. The number of rotatable bonds is 2. The van der Waals surface area contributed by atoms with Crippen LogP contribution >= 0.6 is 11.6 Å². The van der Waals surface area contributed by atoms with Crippen LogP contribution in [-0.2, 0) is 14.3 Å². The predicted molar refractivity (Wildman–Crippen MR) is 38.0 cm³/mol. The van der Waals surface area contributed by atoms with E-state index in [1.807, 2.05) is 0 Å². The first-order valence-corrected chi connectivity index (χ1v) is 3.57. The molecule has 62 valence electrons. The van der Waals surface area contributed by atoms with Gasteiger partial charge in [-0.3, -0.25) is 9.59 Å². The summed E-state index contributed by atoms with van der Waals surface area (Å²) < 4.78 is 4.59. The molecule has 1 atom stereocenters. The van der Waals surface area contributed by atoms with Gasteiger partial charge in [0.1, 0.15) is 0 Å². The van der Waals surface area contributed by atoms with Crippen molar-refractivity contribution in [1.29, 1.82) is 0 Å². The van der Waals surface area contributed by atoms with Gasteiger partial charge in [-0.25, -0.2) is 0 Å². The first kappa shape index (κ1) is 8.33. The van der Waals surface area contributed by atoms with Crippen molar-refractivity contribution in [1.82, 2.24) is 0 Å². The van der Waals surface area contributed by atoms with Gasteiger partial charge in [-0.05, 0) is 0 Å². The van der Waals surface area contributed by atoms with E-state index in [1.165, 1.54) is 0 Å². The highest BCUT2D eigenvalue weighted by atomic mass is 35.5. The van der Waals surface area contributed by atoms with Crippen LogP contribution in [0.4, 0.5) is 0 Å². The lowest BCUT2D eigenvalue weighted by Gasteiger charge is -2.12. The average molecular weight is 178 g/mol. The third kappa shape index (κ3) is 1.63. The van der Waals surface area contributed by atoms with Gasteiger partial charge in [-0.15, -0.1) is 11.6 Å². The number of alkyl halides is 1. The minimum absolute atomic E-state index is 0.145. The first-order chi connectivity index (χ1) is 5.04. The molecule has 5 heteroatoms. The number of carbonyl (C=O) groups excluding carboxylic acids is 2. The Kier molecular flexibility index (Phi) is 2.04. The Morgan fingerprint density at radius 1 is 1.82 bits per heavy atom. The van der Waals surface area contributed by atoms with Crippen LogP contribution < -0.4 is 5.73 Å². The fraction of sp³-hybridized carbons (Fsp3) is 0.667. The molecule has 0 spiro atoms. The quantitative estimate of drug-likeness (QED) is 0.469. The first-order valence-electron chi connectivity index (χ1n) is 3.19. The summed E-state index contributed by atoms with van der Waals surface area (Å²) >= 11 is 5.74. The SMILES string of the molecule is NC(=O)C[C@@]1(Cl)CCOC1=O. The van der Waals surface area contributed by atoms with Crippen molar-refractivity contribution < 1.29 is 14.3 Å². The van der Waals surface area contributed by atoms with Crippen molar-refractivity contribution in [3.63, 3.8) is 0 Å². The zero-order valence-electron chi connectivity index (χ0n) is 5.80. The maximum absolute atomic E-state index is 10.9. The van der Waals surface area contributed by atoms with Gasteiger partial charge in [0, 0.05) is 6.42 Å². The average Bonchev–Trinajstić information content (AvgIpc) is 2.11. The number of hydrogen-bond donors (Lipinski definition) is 1. The fourth-order valence-electron chi connectivity index (χ4n) is 0.974. The number of halogens is 1.